The number of thioether (sulfide) groups is 1. The highest BCUT2D eigenvalue weighted by Gasteiger charge is 2.17. The Hall–Kier alpha value is -2.61. The van der Waals surface area contributed by atoms with Crippen LogP contribution >= 0.6 is 34.7 Å². The van der Waals surface area contributed by atoms with E-state index in [0.717, 1.165) is 16.0 Å². The van der Waals surface area contributed by atoms with Crippen molar-refractivity contribution in [3.8, 4) is 11.1 Å². The Morgan fingerprint density at radius 1 is 1.17 bits per heavy atom. The lowest BCUT2D eigenvalue weighted by Gasteiger charge is -2.05. The van der Waals surface area contributed by atoms with Crippen molar-refractivity contribution in [2.45, 2.75) is 12.1 Å². The molecule has 0 aliphatic heterocycles. The average Bonchev–Trinajstić information content (AvgIpc) is 3.05. The summed E-state index contributed by atoms with van der Waals surface area (Å²) < 4.78 is 0. The first-order valence-electron chi connectivity index (χ1n) is 8.78. The Balaban J connectivity index is 1.54. The maximum absolute atomic E-state index is 12.8. The van der Waals surface area contributed by atoms with Crippen molar-refractivity contribution in [3.05, 3.63) is 74.9 Å². The highest BCUT2D eigenvalue weighted by Crippen LogP contribution is 2.35. The topological polar surface area (TPSA) is 74.8 Å². The van der Waals surface area contributed by atoms with Gasteiger partial charge in [-0.15, -0.1) is 11.3 Å². The Kier molecular flexibility index (Phi) is 5.71. The monoisotopic (exact) mass is 441 g/mol. The summed E-state index contributed by atoms with van der Waals surface area (Å²) in [6, 6.07) is 16.7. The van der Waals surface area contributed by atoms with Crippen LogP contribution in [0.25, 0.3) is 21.3 Å². The molecule has 0 unspecified atom stereocenters. The van der Waals surface area contributed by atoms with Gasteiger partial charge in [-0.3, -0.25) is 9.59 Å². The number of nitrogens with one attached hydrogen (secondary N) is 2. The van der Waals surface area contributed by atoms with Crippen LogP contribution in [-0.4, -0.2) is 21.6 Å². The first-order valence-corrected chi connectivity index (χ1v) is 11.0. The van der Waals surface area contributed by atoms with Gasteiger partial charge >= 0.3 is 0 Å². The zero-order chi connectivity index (χ0) is 20.4. The molecule has 2 heterocycles. The van der Waals surface area contributed by atoms with E-state index in [4.69, 9.17) is 11.6 Å². The fraction of sp³-hybridized carbons (Fsp3) is 0.0952. The summed E-state index contributed by atoms with van der Waals surface area (Å²) in [4.78, 5) is 34.0. The molecule has 29 heavy (non-hydrogen) atoms. The Morgan fingerprint density at radius 3 is 2.62 bits per heavy atom. The molecule has 0 radical (unpaired) electrons. The lowest BCUT2D eigenvalue weighted by molar-refractivity contribution is -0.113. The summed E-state index contributed by atoms with van der Waals surface area (Å²) in [5.41, 5.74) is 2.37. The average molecular weight is 442 g/mol. The van der Waals surface area contributed by atoms with Gasteiger partial charge in [0.15, 0.2) is 5.16 Å². The van der Waals surface area contributed by atoms with Gasteiger partial charge in [0, 0.05) is 21.2 Å². The van der Waals surface area contributed by atoms with Crippen LogP contribution in [0.4, 0.5) is 5.69 Å². The third-order valence-corrected chi connectivity index (χ3v) is 6.37. The van der Waals surface area contributed by atoms with Crippen molar-refractivity contribution in [3.63, 3.8) is 0 Å². The van der Waals surface area contributed by atoms with Crippen LogP contribution in [-0.2, 0) is 4.79 Å². The van der Waals surface area contributed by atoms with Gasteiger partial charge in [0.2, 0.25) is 5.91 Å². The Morgan fingerprint density at radius 2 is 1.90 bits per heavy atom. The fourth-order valence-corrected chi connectivity index (χ4v) is 4.87. The highest BCUT2D eigenvalue weighted by molar-refractivity contribution is 7.99. The molecule has 4 rings (SSSR count). The van der Waals surface area contributed by atoms with E-state index in [1.807, 2.05) is 37.3 Å². The molecule has 0 saturated heterocycles. The summed E-state index contributed by atoms with van der Waals surface area (Å²) in [6.45, 7) is 1.99. The number of nitrogens with zero attached hydrogens (tertiary/aromatic N) is 1. The van der Waals surface area contributed by atoms with E-state index < -0.39 is 0 Å². The first-order chi connectivity index (χ1) is 14.0. The number of amides is 1. The second-order valence-electron chi connectivity index (χ2n) is 6.29. The molecule has 1 amide bonds. The minimum absolute atomic E-state index is 0.132. The molecule has 2 aromatic carbocycles. The molecule has 2 N–H and O–H groups in total. The van der Waals surface area contributed by atoms with E-state index in [9.17, 15) is 9.59 Å². The number of benzene rings is 2. The molecule has 0 aliphatic rings. The van der Waals surface area contributed by atoms with Gasteiger partial charge in [0.1, 0.15) is 4.83 Å². The van der Waals surface area contributed by atoms with Crippen LogP contribution < -0.4 is 10.9 Å². The molecule has 4 aromatic rings. The van der Waals surface area contributed by atoms with Gasteiger partial charge in [-0.05, 0) is 36.8 Å². The summed E-state index contributed by atoms with van der Waals surface area (Å²) in [7, 11) is 0. The lowest BCUT2D eigenvalue weighted by atomic mass is 10.0. The Bertz CT molecular complexity index is 1230. The minimum Gasteiger partial charge on any atom is -0.325 e. The summed E-state index contributed by atoms with van der Waals surface area (Å²) in [5.74, 6) is -0.0557. The number of aryl methyl sites for hydroxylation is 1. The van der Waals surface area contributed by atoms with Crippen molar-refractivity contribution < 1.29 is 4.79 Å². The molecule has 2 aromatic heterocycles. The number of hydrogen-bond acceptors (Lipinski definition) is 5. The molecule has 146 valence electrons. The molecular formula is C21H16ClN3O2S2. The molecule has 0 fully saturated rings. The molecular weight excluding hydrogens is 426 g/mol. The van der Waals surface area contributed by atoms with Crippen molar-refractivity contribution in [2.24, 2.45) is 0 Å². The molecule has 0 saturated carbocycles. The molecule has 8 heteroatoms. The molecule has 5 nitrogen and oxygen atoms in total. The molecule has 0 bridgehead atoms. The smallest absolute Gasteiger partial charge is 0.260 e. The van der Waals surface area contributed by atoms with Gasteiger partial charge in [-0.25, -0.2) is 4.98 Å². The van der Waals surface area contributed by atoms with E-state index in [-0.39, 0.29) is 17.2 Å². The summed E-state index contributed by atoms with van der Waals surface area (Å²) in [5, 5.41) is 4.41. The number of halogens is 1. The normalized spacial score (nSPS) is 11.0. The minimum atomic E-state index is -0.196. The number of hydrogen-bond donors (Lipinski definition) is 2. The van der Waals surface area contributed by atoms with Crippen LogP contribution in [0, 0.1) is 6.92 Å². The zero-order valence-electron chi connectivity index (χ0n) is 15.4. The molecule has 0 atom stereocenters. The third kappa shape index (κ3) is 4.37. The fourth-order valence-electron chi connectivity index (χ4n) is 2.98. The van der Waals surface area contributed by atoms with Gasteiger partial charge in [-0.1, -0.05) is 53.7 Å². The number of aromatic nitrogens is 2. The lowest BCUT2D eigenvalue weighted by Crippen LogP contribution is -2.15. The van der Waals surface area contributed by atoms with Crippen molar-refractivity contribution in [2.75, 3.05) is 11.1 Å². The standard InChI is InChI=1S/C21H16ClN3O2S2/c1-12-17(13-5-3-2-4-6-13)18-19(27)24-21(25-20(18)29-12)28-11-16(26)23-15-9-7-14(22)8-10-15/h2-10H,11H2,1H3,(H,23,26)(H,24,25,27). The number of H-pyrrole nitrogens is 1. The second-order valence-corrected chi connectivity index (χ2v) is 8.90. The predicted octanol–water partition coefficient (Wildman–Crippen LogP) is 5.34. The van der Waals surface area contributed by atoms with E-state index in [0.29, 0.717) is 26.1 Å². The van der Waals surface area contributed by atoms with Gasteiger partial charge in [-0.2, -0.15) is 0 Å². The van der Waals surface area contributed by atoms with Crippen LogP contribution in [0.5, 0.6) is 0 Å². The predicted molar refractivity (Wildman–Crippen MR) is 121 cm³/mol. The van der Waals surface area contributed by atoms with E-state index in [2.05, 4.69) is 15.3 Å². The first kappa shape index (κ1) is 19.7. The maximum Gasteiger partial charge on any atom is 0.260 e. The Labute approximate surface area is 180 Å². The number of anilines is 1. The highest BCUT2D eigenvalue weighted by atomic mass is 35.5. The molecule has 0 spiro atoms. The number of rotatable bonds is 5. The van der Waals surface area contributed by atoms with E-state index in [1.54, 1.807) is 24.3 Å². The quantitative estimate of drug-likeness (QED) is 0.323. The van der Waals surface area contributed by atoms with Crippen molar-refractivity contribution in [1.82, 2.24) is 9.97 Å². The van der Waals surface area contributed by atoms with Crippen LogP contribution in [0.2, 0.25) is 5.02 Å². The number of fused-ring (bicyclic) bond motifs is 1. The van der Waals surface area contributed by atoms with Gasteiger partial charge < -0.3 is 10.3 Å². The largest absolute Gasteiger partial charge is 0.325 e. The van der Waals surface area contributed by atoms with Crippen LogP contribution in [0.1, 0.15) is 4.88 Å². The van der Waals surface area contributed by atoms with Gasteiger partial charge in [0.05, 0.1) is 11.1 Å². The number of aromatic amines is 1. The van der Waals surface area contributed by atoms with E-state index in [1.165, 1.54) is 23.1 Å². The number of carbonyl (C=O) groups excluding carboxylic acids is 1. The maximum atomic E-state index is 12.8. The van der Waals surface area contributed by atoms with Gasteiger partial charge in [0.25, 0.3) is 5.56 Å². The summed E-state index contributed by atoms with van der Waals surface area (Å²) in [6.07, 6.45) is 0. The van der Waals surface area contributed by atoms with E-state index >= 15 is 0 Å². The van der Waals surface area contributed by atoms with Crippen LogP contribution in [0.15, 0.2) is 64.5 Å². The second kappa shape index (κ2) is 8.41. The van der Waals surface area contributed by atoms with Crippen molar-refractivity contribution >= 4 is 56.5 Å². The summed E-state index contributed by atoms with van der Waals surface area (Å²) >= 11 is 8.52. The number of thiophene rings is 1. The zero-order valence-corrected chi connectivity index (χ0v) is 17.8. The SMILES string of the molecule is Cc1sc2nc(SCC(=O)Nc3ccc(Cl)cc3)[nH]c(=O)c2c1-c1ccccc1. The third-order valence-electron chi connectivity index (χ3n) is 4.25. The number of carbonyl (C=O) groups is 1. The molecule has 0 aliphatic carbocycles. The van der Waals surface area contributed by atoms with Crippen LogP contribution in [0.3, 0.4) is 0 Å². The van der Waals surface area contributed by atoms with Crippen molar-refractivity contribution in [1.29, 1.82) is 0 Å².